The molecule has 136 valence electrons. The second-order valence-electron chi connectivity index (χ2n) is 5.40. The van der Waals surface area contributed by atoms with Gasteiger partial charge < -0.3 is 10.1 Å². The first-order valence-electron chi connectivity index (χ1n) is 7.84. The normalized spacial score (nSPS) is 10.9. The second kappa shape index (κ2) is 9.00. The number of nitrogens with zero attached hydrogens (tertiary/aromatic N) is 2. The van der Waals surface area contributed by atoms with Gasteiger partial charge in [0, 0.05) is 33.5 Å². The van der Waals surface area contributed by atoms with Crippen LogP contribution in [-0.2, 0) is 5.75 Å². The fourth-order valence-corrected chi connectivity index (χ4v) is 4.20. The van der Waals surface area contributed by atoms with E-state index in [0.717, 1.165) is 33.7 Å². The van der Waals surface area contributed by atoms with Gasteiger partial charge in [-0.25, -0.2) is 9.97 Å². The molecule has 0 atom stereocenters. The summed E-state index contributed by atoms with van der Waals surface area (Å²) in [4.78, 5) is 8.54. The number of thioether (sulfide) groups is 1. The van der Waals surface area contributed by atoms with Gasteiger partial charge in [0.15, 0.2) is 0 Å². The third-order valence-electron chi connectivity index (χ3n) is 3.72. The smallest absolute Gasteiger partial charge is 0.224 e. The predicted molar refractivity (Wildman–Crippen MR) is 112 cm³/mol. The molecule has 0 aliphatic heterocycles. The molecule has 2 aromatic carbocycles. The van der Waals surface area contributed by atoms with Crippen LogP contribution in [0.5, 0.6) is 5.75 Å². The van der Waals surface area contributed by atoms with Gasteiger partial charge in [0.05, 0.1) is 12.6 Å². The summed E-state index contributed by atoms with van der Waals surface area (Å²) in [6, 6.07) is 11.1. The molecule has 3 aromatic rings. The van der Waals surface area contributed by atoms with Crippen LogP contribution in [-0.4, -0.2) is 29.4 Å². The number of halogens is 3. The Balaban J connectivity index is 1.63. The van der Waals surface area contributed by atoms with Gasteiger partial charge in [-0.1, -0.05) is 29.3 Å². The molecule has 3 rings (SSSR count). The number of fused-ring (bicyclic) bond motifs is 1. The highest BCUT2D eigenvalue weighted by atomic mass is 35.5. The summed E-state index contributed by atoms with van der Waals surface area (Å²) < 4.78 is 5.28. The van der Waals surface area contributed by atoms with Crippen molar-refractivity contribution < 1.29 is 4.74 Å². The number of hydrogen-bond donors (Lipinski definition) is 1. The summed E-state index contributed by atoms with van der Waals surface area (Å²) >= 11 is 20.1. The minimum atomic E-state index is 0.209. The van der Waals surface area contributed by atoms with E-state index < -0.39 is 0 Å². The van der Waals surface area contributed by atoms with Crippen molar-refractivity contribution in [3.63, 3.8) is 0 Å². The van der Waals surface area contributed by atoms with Crippen LogP contribution in [0.15, 0.2) is 36.4 Å². The first-order valence-corrected chi connectivity index (χ1v) is 10.1. The largest absolute Gasteiger partial charge is 0.497 e. The molecule has 0 unspecified atom stereocenters. The van der Waals surface area contributed by atoms with Gasteiger partial charge in [0.1, 0.15) is 11.6 Å². The molecule has 1 aromatic heterocycles. The molecule has 0 amide bonds. The maximum Gasteiger partial charge on any atom is 0.224 e. The Morgan fingerprint density at radius 1 is 1.08 bits per heavy atom. The van der Waals surface area contributed by atoms with Gasteiger partial charge in [-0.15, -0.1) is 0 Å². The van der Waals surface area contributed by atoms with Crippen molar-refractivity contribution in [2.75, 3.05) is 24.7 Å². The number of nitrogens with one attached hydrogen (secondary N) is 1. The fraction of sp³-hybridized carbons (Fsp3) is 0.222. The van der Waals surface area contributed by atoms with E-state index >= 15 is 0 Å². The highest BCUT2D eigenvalue weighted by Gasteiger charge is 2.09. The Kier molecular flexibility index (Phi) is 6.70. The van der Waals surface area contributed by atoms with Gasteiger partial charge in [-0.2, -0.15) is 11.8 Å². The number of anilines is 1. The van der Waals surface area contributed by atoms with E-state index in [1.807, 2.05) is 36.4 Å². The van der Waals surface area contributed by atoms with Crippen molar-refractivity contribution in [2.45, 2.75) is 5.75 Å². The average Bonchev–Trinajstić information content (AvgIpc) is 2.63. The molecule has 0 aliphatic rings. The number of benzene rings is 2. The lowest BCUT2D eigenvalue weighted by Crippen LogP contribution is -2.07. The number of ether oxygens (including phenoxy) is 1. The summed E-state index contributed by atoms with van der Waals surface area (Å²) in [5.41, 5.74) is 1.73. The molecule has 0 spiro atoms. The van der Waals surface area contributed by atoms with Crippen LogP contribution in [0.25, 0.3) is 10.9 Å². The third kappa shape index (κ3) is 4.65. The van der Waals surface area contributed by atoms with Gasteiger partial charge in [-0.05, 0) is 47.5 Å². The summed E-state index contributed by atoms with van der Waals surface area (Å²) in [7, 11) is 1.63. The molecule has 0 bridgehead atoms. The van der Waals surface area contributed by atoms with E-state index in [2.05, 4.69) is 15.3 Å². The summed E-state index contributed by atoms with van der Waals surface area (Å²) in [5.74, 6) is 3.04. The average molecular weight is 429 g/mol. The highest BCUT2D eigenvalue weighted by molar-refractivity contribution is 7.98. The summed E-state index contributed by atoms with van der Waals surface area (Å²) in [6.07, 6.45) is 0. The molecular formula is C18H16Cl3N3OS. The van der Waals surface area contributed by atoms with Crippen molar-refractivity contribution in [1.29, 1.82) is 0 Å². The quantitative estimate of drug-likeness (QED) is 0.372. The van der Waals surface area contributed by atoms with Crippen LogP contribution >= 0.6 is 46.6 Å². The van der Waals surface area contributed by atoms with E-state index in [0.29, 0.717) is 22.4 Å². The van der Waals surface area contributed by atoms with Crippen LogP contribution in [0.1, 0.15) is 5.56 Å². The molecule has 1 N–H and O–H groups in total. The van der Waals surface area contributed by atoms with E-state index in [1.165, 1.54) is 0 Å². The Morgan fingerprint density at radius 3 is 2.58 bits per heavy atom. The number of aromatic nitrogens is 2. The fourth-order valence-electron chi connectivity index (χ4n) is 2.43. The topological polar surface area (TPSA) is 47.0 Å². The maximum absolute atomic E-state index is 6.19. The molecule has 0 saturated carbocycles. The Hall–Kier alpha value is -1.40. The molecule has 0 aliphatic carbocycles. The molecule has 4 nitrogen and oxygen atoms in total. The van der Waals surface area contributed by atoms with Crippen molar-refractivity contribution in [3.8, 4) is 5.75 Å². The molecule has 26 heavy (non-hydrogen) atoms. The van der Waals surface area contributed by atoms with Crippen molar-refractivity contribution in [3.05, 3.63) is 57.3 Å². The SMILES string of the molecule is COc1ccc2nc(Cl)nc(NCCSCc3c(Cl)cccc3Cl)c2c1. The van der Waals surface area contributed by atoms with Crippen LogP contribution in [0.2, 0.25) is 15.3 Å². The summed E-state index contributed by atoms with van der Waals surface area (Å²) in [5, 5.41) is 5.78. The standard InChI is InChI=1S/C18H16Cl3N3OS/c1-25-11-5-6-16-12(9-11)17(24-18(21)23-16)22-7-8-26-10-13-14(19)3-2-4-15(13)20/h2-6,9H,7-8,10H2,1H3,(H,22,23,24). The van der Waals surface area contributed by atoms with Gasteiger partial charge in [0.25, 0.3) is 0 Å². The monoisotopic (exact) mass is 427 g/mol. The van der Waals surface area contributed by atoms with Crippen LogP contribution in [0.3, 0.4) is 0 Å². The van der Waals surface area contributed by atoms with Crippen LogP contribution < -0.4 is 10.1 Å². The molecular weight excluding hydrogens is 413 g/mol. The number of hydrogen-bond acceptors (Lipinski definition) is 5. The highest BCUT2D eigenvalue weighted by Crippen LogP contribution is 2.29. The van der Waals surface area contributed by atoms with Crippen molar-refractivity contribution in [1.82, 2.24) is 9.97 Å². The molecule has 0 saturated heterocycles. The molecule has 1 heterocycles. The second-order valence-corrected chi connectivity index (χ2v) is 7.66. The lowest BCUT2D eigenvalue weighted by molar-refractivity contribution is 0.415. The predicted octanol–water partition coefficient (Wildman–Crippen LogP) is 5.94. The van der Waals surface area contributed by atoms with Gasteiger partial charge in [0.2, 0.25) is 5.28 Å². The zero-order valence-corrected chi connectivity index (χ0v) is 17.0. The molecule has 0 fully saturated rings. The lowest BCUT2D eigenvalue weighted by atomic mass is 10.2. The van der Waals surface area contributed by atoms with E-state index in [4.69, 9.17) is 39.5 Å². The summed E-state index contributed by atoms with van der Waals surface area (Å²) in [6.45, 7) is 0.715. The van der Waals surface area contributed by atoms with E-state index in [9.17, 15) is 0 Å². The zero-order valence-electron chi connectivity index (χ0n) is 13.9. The lowest BCUT2D eigenvalue weighted by Gasteiger charge is -2.11. The van der Waals surface area contributed by atoms with Gasteiger partial charge >= 0.3 is 0 Å². The minimum absolute atomic E-state index is 0.209. The van der Waals surface area contributed by atoms with E-state index in [1.54, 1.807) is 18.9 Å². The molecule has 8 heteroatoms. The molecule has 0 radical (unpaired) electrons. The van der Waals surface area contributed by atoms with E-state index in [-0.39, 0.29) is 5.28 Å². The van der Waals surface area contributed by atoms with Crippen molar-refractivity contribution >= 4 is 63.3 Å². The first kappa shape index (κ1) is 19.4. The zero-order chi connectivity index (χ0) is 18.5. The van der Waals surface area contributed by atoms with Crippen LogP contribution in [0.4, 0.5) is 5.82 Å². The Bertz CT molecular complexity index is 903. The first-order chi connectivity index (χ1) is 12.6. The number of methoxy groups -OCH3 is 1. The maximum atomic E-state index is 6.19. The minimum Gasteiger partial charge on any atom is -0.497 e. The third-order valence-corrected chi connectivity index (χ3v) is 5.59. The Labute approximate surface area is 171 Å². The van der Waals surface area contributed by atoms with Crippen LogP contribution in [0, 0.1) is 0 Å². The van der Waals surface area contributed by atoms with Crippen molar-refractivity contribution in [2.24, 2.45) is 0 Å². The number of rotatable bonds is 7. The Morgan fingerprint density at radius 2 is 1.85 bits per heavy atom. The van der Waals surface area contributed by atoms with Gasteiger partial charge in [-0.3, -0.25) is 0 Å².